The monoisotopic (exact) mass is 329 g/mol. The number of benzene rings is 2. The van der Waals surface area contributed by atoms with Crippen molar-refractivity contribution >= 4 is 22.0 Å². The van der Waals surface area contributed by atoms with Crippen LogP contribution in [0.1, 0.15) is 40.7 Å². The Morgan fingerprint density at radius 1 is 1.17 bits per heavy atom. The van der Waals surface area contributed by atoms with Gasteiger partial charge in [0.05, 0.1) is 10.6 Å². The molecule has 1 unspecified atom stereocenters. The first-order valence-electron chi connectivity index (χ1n) is 7.66. The molecule has 4 nitrogen and oxygen atoms in total. The maximum atomic E-state index is 13.0. The van der Waals surface area contributed by atoms with Crippen molar-refractivity contribution in [2.24, 2.45) is 0 Å². The molecule has 1 aliphatic heterocycles. The van der Waals surface area contributed by atoms with Crippen LogP contribution >= 0.6 is 0 Å². The molecule has 120 valence electrons. The van der Waals surface area contributed by atoms with Gasteiger partial charge in [-0.15, -0.1) is 0 Å². The van der Waals surface area contributed by atoms with E-state index in [1.807, 2.05) is 13.8 Å². The van der Waals surface area contributed by atoms with E-state index in [0.717, 1.165) is 23.8 Å². The molecule has 0 spiro atoms. The van der Waals surface area contributed by atoms with Crippen LogP contribution in [0.15, 0.2) is 47.4 Å². The highest BCUT2D eigenvalue weighted by molar-refractivity contribution is 7.92. The van der Waals surface area contributed by atoms with Gasteiger partial charge in [-0.05, 0) is 37.1 Å². The largest absolute Gasteiger partial charge is 0.298 e. The van der Waals surface area contributed by atoms with Crippen LogP contribution in [0.25, 0.3) is 0 Å². The molecule has 0 amide bonds. The second-order valence-corrected chi connectivity index (χ2v) is 7.71. The summed E-state index contributed by atoms with van der Waals surface area (Å²) in [6, 6.07) is 12.1. The quantitative estimate of drug-likeness (QED) is 0.807. The Balaban J connectivity index is 2.13. The van der Waals surface area contributed by atoms with E-state index in [2.05, 4.69) is 0 Å². The van der Waals surface area contributed by atoms with E-state index in [9.17, 15) is 13.2 Å². The zero-order chi connectivity index (χ0) is 16.6. The molecule has 0 N–H and O–H groups in total. The summed E-state index contributed by atoms with van der Waals surface area (Å²) in [5.41, 5.74) is 3.07. The van der Waals surface area contributed by atoms with Crippen molar-refractivity contribution in [3.63, 3.8) is 0 Å². The van der Waals surface area contributed by atoms with E-state index in [-0.39, 0.29) is 10.8 Å². The maximum Gasteiger partial charge on any atom is 0.264 e. The van der Waals surface area contributed by atoms with Crippen LogP contribution in [-0.4, -0.2) is 21.2 Å². The summed E-state index contributed by atoms with van der Waals surface area (Å²) in [4.78, 5) is 11.6. The molecule has 5 heteroatoms. The average Bonchev–Trinajstić information content (AvgIpc) is 2.95. The fraction of sp³-hybridized carbons (Fsp3) is 0.278. The topological polar surface area (TPSA) is 54.5 Å². The SMILES string of the molecule is CCC1CN(S(=O)(=O)c2ccc(C)cc2)c2cccc(C=O)c21. The van der Waals surface area contributed by atoms with Gasteiger partial charge in [-0.1, -0.05) is 36.8 Å². The summed E-state index contributed by atoms with van der Waals surface area (Å²) in [5, 5.41) is 0. The summed E-state index contributed by atoms with van der Waals surface area (Å²) in [6.07, 6.45) is 1.60. The number of nitrogens with zero attached hydrogens (tertiary/aromatic N) is 1. The summed E-state index contributed by atoms with van der Waals surface area (Å²) in [5.74, 6) is 0.0478. The maximum absolute atomic E-state index is 13.0. The minimum atomic E-state index is -3.62. The lowest BCUT2D eigenvalue weighted by Crippen LogP contribution is -2.29. The van der Waals surface area contributed by atoms with Crippen LogP contribution in [0.3, 0.4) is 0 Å². The molecule has 0 aromatic heterocycles. The number of carbonyl (C=O) groups excluding carboxylic acids is 1. The number of rotatable bonds is 4. The van der Waals surface area contributed by atoms with E-state index in [0.29, 0.717) is 17.8 Å². The van der Waals surface area contributed by atoms with Crippen molar-refractivity contribution in [1.82, 2.24) is 0 Å². The number of carbonyl (C=O) groups is 1. The second kappa shape index (κ2) is 5.81. The van der Waals surface area contributed by atoms with Crippen molar-refractivity contribution < 1.29 is 13.2 Å². The van der Waals surface area contributed by atoms with Crippen LogP contribution in [0, 0.1) is 6.92 Å². The highest BCUT2D eigenvalue weighted by atomic mass is 32.2. The summed E-state index contributed by atoms with van der Waals surface area (Å²) in [7, 11) is -3.62. The molecule has 1 heterocycles. The summed E-state index contributed by atoms with van der Waals surface area (Å²) in [6.45, 7) is 4.32. The third kappa shape index (κ3) is 2.55. The van der Waals surface area contributed by atoms with E-state index < -0.39 is 10.0 Å². The Morgan fingerprint density at radius 3 is 2.48 bits per heavy atom. The third-order valence-corrected chi connectivity index (χ3v) is 6.20. The molecule has 3 rings (SSSR count). The molecule has 0 fully saturated rings. The van der Waals surface area contributed by atoms with E-state index >= 15 is 0 Å². The minimum Gasteiger partial charge on any atom is -0.298 e. The van der Waals surface area contributed by atoms with Crippen molar-refractivity contribution in [2.75, 3.05) is 10.8 Å². The van der Waals surface area contributed by atoms with Gasteiger partial charge in [-0.3, -0.25) is 9.10 Å². The van der Waals surface area contributed by atoms with Gasteiger partial charge in [-0.2, -0.15) is 0 Å². The van der Waals surface area contributed by atoms with Gasteiger partial charge >= 0.3 is 0 Å². The fourth-order valence-electron chi connectivity index (χ4n) is 3.12. The standard InChI is InChI=1S/C18H19NO3S/c1-3-14-11-19(17-6-4-5-15(12-20)18(14)17)23(21,22)16-9-7-13(2)8-10-16/h4-10,12,14H,3,11H2,1-2H3. The highest BCUT2D eigenvalue weighted by Crippen LogP contribution is 2.42. The number of fused-ring (bicyclic) bond motifs is 1. The molecule has 2 aromatic carbocycles. The van der Waals surface area contributed by atoms with Crippen molar-refractivity contribution in [2.45, 2.75) is 31.1 Å². The minimum absolute atomic E-state index is 0.0478. The molecule has 0 radical (unpaired) electrons. The second-order valence-electron chi connectivity index (χ2n) is 5.85. The number of sulfonamides is 1. The van der Waals surface area contributed by atoms with Crippen LogP contribution in [0.5, 0.6) is 0 Å². The average molecular weight is 329 g/mol. The lowest BCUT2D eigenvalue weighted by molar-refractivity contribution is 0.112. The van der Waals surface area contributed by atoms with Gasteiger partial charge in [0, 0.05) is 18.0 Å². The lowest BCUT2D eigenvalue weighted by atomic mass is 9.94. The van der Waals surface area contributed by atoms with Crippen LogP contribution < -0.4 is 4.31 Å². The number of hydrogen-bond acceptors (Lipinski definition) is 3. The van der Waals surface area contributed by atoms with Crippen LogP contribution in [0.2, 0.25) is 0 Å². The first-order valence-corrected chi connectivity index (χ1v) is 9.10. The Morgan fingerprint density at radius 2 is 1.87 bits per heavy atom. The number of aldehydes is 1. The van der Waals surface area contributed by atoms with Crippen LogP contribution in [-0.2, 0) is 10.0 Å². The number of anilines is 1. The highest BCUT2D eigenvalue weighted by Gasteiger charge is 2.37. The Hall–Kier alpha value is -2.14. The molecule has 23 heavy (non-hydrogen) atoms. The molecule has 0 bridgehead atoms. The van der Waals surface area contributed by atoms with E-state index in [1.165, 1.54) is 4.31 Å². The summed E-state index contributed by atoms with van der Waals surface area (Å²) >= 11 is 0. The van der Waals surface area contributed by atoms with Crippen molar-refractivity contribution in [3.8, 4) is 0 Å². The van der Waals surface area contributed by atoms with Gasteiger partial charge in [0.1, 0.15) is 6.29 Å². The first kappa shape index (κ1) is 15.7. The number of aryl methyl sites for hydroxylation is 1. The lowest BCUT2D eigenvalue weighted by Gasteiger charge is -2.20. The van der Waals surface area contributed by atoms with Crippen LogP contribution in [0.4, 0.5) is 5.69 Å². The van der Waals surface area contributed by atoms with Crippen molar-refractivity contribution in [3.05, 3.63) is 59.2 Å². The Labute approximate surface area is 136 Å². The molecule has 2 aromatic rings. The van der Waals surface area contributed by atoms with Gasteiger partial charge < -0.3 is 0 Å². The molecule has 0 aliphatic carbocycles. The number of hydrogen-bond donors (Lipinski definition) is 0. The molecule has 0 saturated heterocycles. The smallest absolute Gasteiger partial charge is 0.264 e. The zero-order valence-electron chi connectivity index (χ0n) is 13.2. The van der Waals surface area contributed by atoms with Gasteiger partial charge in [-0.25, -0.2) is 8.42 Å². The van der Waals surface area contributed by atoms with E-state index in [1.54, 1.807) is 42.5 Å². The van der Waals surface area contributed by atoms with E-state index in [4.69, 9.17) is 0 Å². The summed E-state index contributed by atoms with van der Waals surface area (Å²) < 4.78 is 27.5. The molecule has 1 aliphatic rings. The van der Waals surface area contributed by atoms with Gasteiger partial charge in [0.25, 0.3) is 10.0 Å². The normalized spacial score (nSPS) is 17.1. The zero-order valence-corrected chi connectivity index (χ0v) is 14.0. The predicted molar refractivity (Wildman–Crippen MR) is 90.6 cm³/mol. The molecule has 1 atom stereocenters. The van der Waals surface area contributed by atoms with Gasteiger partial charge in [0.2, 0.25) is 0 Å². The molecular formula is C18H19NO3S. The Kier molecular flexibility index (Phi) is 3.98. The predicted octanol–water partition coefficient (Wildman–Crippen LogP) is 3.51. The molecule has 0 saturated carbocycles. The van der Waals surface area contributed by atoms with Gasteiger partial charge in [0.15, 0.2) is 0 Å². The molecular weight excluding hydrogens is 310 g/mol. The first-order chi connectivity index (χ1) is 11.0. The fourth-order valence-corrected chi connectivity index (χ4v) is 4.65. The Bertz CT molecular complexity index is 841. The van der Waals surface area contributed by atoms with Crippen molar-refractivity contribution in [1.29, 1.82) is 0 Å². The third-order valence-electron chi connectivity index (χ3n) is 4.41.